The molecule has 0 atom stereocenters. The van der Waals surface area contributed by atoms with Crippen LogP contribution in [0.25, 0.3) is 17.1 Å². The van der Waals surface area contributed by atoms with Crippen molar-refractivity contribution in [1.29, 1.82) is 0 Å². The molecule has 0 N–H and O–H groups in total. The van der Waals surface area contributed by atoms with Crippen molar-refractivity contribution in [3.05, 3.63) is 85.2 Å². The molecule has 21 heavy (non-hydrogen) atoms. The van der Waals surface area contributed by atoms with Crippen LogP contribution in [0, 0.1) is 6.92 Å². The fourth-order valence-electron chi connectivity index (χ4n) is 2.62. The van der Waals surface area contributed by atoms with Crippen LogP contribution >= 0.6 is 0 Å². The molecule has 1 aromatic heterocycles. The first-order valence-corrected chi connectivity index (χ1v) is 7.14. The summed E-state index contributed by atoms with van der Waals surface area (Å²) in [4.78, 5) is 0. The molecule has 0 bridgehead atoms. The van der Waals surface area contributed by atoms with E-state index in [1.165, 1.54) is 22.6 Å². The molecule has 104 valence electrons. The Bertz CT molecular complexity index is 754. The SMILES string of the molecule is C=CC[n+]1ccn(-c2ccccc2)c1-c1ccccc1C. The number of rotatable bonds is 4. The van der Waals surface area contributed by atoms with Crippen molar-refractivity contribution in [3.63, 3.8) is 0 Å². The number of aryl methyl sites for hydroxylation is 1. The number of imidazole rings is 1. The summed E-state index contributed by atoms with van der Waals surface area (Å²) in [5.74, 6) is 1.18. The summed E-state index contributed by atoms with van der Waals surface area (Å²) in [6.07, 6.45) is 6.15. The number of benzene rings is 2. The van der Waals surface area contributed by atoms with Crippen LogP contribution in [0.1, 0.15) is 5.56 Å². The Balaban J connectivity index is 2.24. The van der Waals surface area contributed by atoms with Gasteiger partial charge in [0.05, 0.1) is 5.56 Å². The molecule has 3 rings (SSSR count). The highest BCUT2D eigenvalue weighted by atomic mass is 15.1. The average molecular weight is 275 g/mol. The first kappa shape index (κ1) is 13.4. The summed E-state index contributed by atoms with van der Waals surface area (Å²) in [5.41, 5.74) is 3.68. The minimum absolute atomic E-state index is 0.795. The minimum Gasteiger partial charge on any atom is -0.226 e. The van der Waals surface area contributed by atoms with Gasteiger partial charge in [-0.1, -0.05) is 49.1 Å². The largest absolute Gasteiger partial charge is 0.294 e. The summed E-state index contributed by atoms with van der Waals surface area (Å²) in [6.45, 7) is 6.81. The van der Waals surface area contributed by atoms with Crippen molar-refractivity contribution in [2.45, 2.75) is 13.5 Å². The normalized spacial score (nSPS) is 10.5. The second kappa shape index (κ2) is 5.80. The molecule has 0 fully saturated rings. The summed E-state index contributed by atoms with van der Waals surface area (Å²) in [5, 5.41) is 0. The predicted molar refractivity (Wildman–Crippen MR) is 86.3 cm³/mol. The van der Waals surface area contributed by atoms with Crippen molar-refractivity contribution >= 4 is 0 Å². The fourth-order valence-corrected chi connectivity index (χ4v) is 2.62. The van der Waals surface area contributed by atoms with Gasteiger partial charge in [0.2, 0.25) is 0 Å². The molecule has 1 heterocycles. The molecule has 2 aromatic carbocycles. The van der Waals surface area contributed by atoms with E-state index in [4.69, 9.17) is 0 Å². The van der Waals surface area contributed by atoms with Gasteiger partial charge in [0, 0.05) is 0 Å². The van der Waals surface area contributed by atoms with Gasteiger partial charge in [0.25, 0.3) is 5.82 Å². The zero-order valence-corrected chi connectivity index (χ0v) is 12.2. The van der Waals surface area contributed by atoms with Crippen molar-refractivity contribution in [2.75, 3.05) is 0 Å². The second-order valence-corrected chi connectivity index (χ2v) is 5.08. The zero-order valence-electron chi connectivity index (χ0n) is 12.2. The van der Waals surface area contributed by atoms with E-state index in [0.29, 0.717) is 0 Å². The topological polar surface area (TPSA) is 8.81 Å². The highest BCUT2D eigenvalue weighted by Crippen LogP contribution is 2.23. The van der Waals surface area contributed by atoms with Crippen LogP contribution in [0.4, 0.5) is 0 Å². The van der Waals surface area contributed by atoms with Crippen molar-refractivity contribution in [3.8, 4) is 17.1 Å². The Kier molecular flexibility index (Phi) is 3.69. The molecule has 0 spiro atoms. The van der Waals surface area contributed by atoms with Crippen molar-refractivity contribution in [1.82, 2.24) is 4.57 Å². The van der Waals surface area contributed by atoms with Crippen LogP contribution in [-0.2, 0) is 6.54 Å². The van der Waals surface area contributed by atoms with Gasteiger partial charge in [-0.25, -0.2) is 4.57 Å². The van der Waals surface area contributed by atoms with Crippen LogP contribution in [0.5, 0.6) is 0 Å². The van der Waals surface area contributed by atoms with E-state index in [9.17, 15) is 0 Å². The monoisotopic (exact) mass is 275 g/mol. The quantitative estimate of drug-likeness (QED) is 0.504. The molecule has 3 aromatic rings. The number of aromatic nitrogens is 2. The lowest BCUT2D eigenvalue weighted by molar-refractivity contribution is -0.675. The maximum absolute atomic E-state index is 3.87. The lowest BCUT2D eigenvalue weighted by Crippen LogP contribution is -2.33. The van der Waals surface area contributed by atoms with Crippen LogP contribution < -0.4 is 4.57 Å². The Hall–Kier alpha value is -2.61. The van der Waals surface area contributed by atoms with E-state index in [1.807, 2.05) is 12.1 Å². The fraction of sp³-hybridized carbons (Fsp3) is 0.105. The molecule has 2 nitrogen and oxygen atoms in total. The van der Waals surface area contributed by atoms with Gasteiger partial charge >= 0.3 is 0 Å². The van der Waals surface area contributed by atoms with Gasteiger partial charge in [0.15, 0.2) is 0 Å². The lowest BCUT2D eigenvalue weighted by atomic mass is 10.1. The molecule has 0 amide bonds. The van der Waals surface area contributed by atoms with E-state index >= 15 is 0 Å². The molecule has 0 saturated carbocycles. The van der Waals surface area contributed by atoms with Gasteiger partial charge < -0.3 is 0 Å². The molecule has 0 unspecified atom stereocenters. The molecular weight excluding hydrogens is 256 g/mol. The summed E-state index contributed by atoms with van der Waals surface area (Å²) in [7, 11) is 0. The smallest absolute Gasteiger partial charge is 0.226 e. The average Bonchev–Trinajstić information content (AvgIpc) is 2.93. The van der Waals surface area contributed by atoms with Crippen LogP contribution in [0.15, 0.2) is 79.6 Å². The minimum atomic E-state index is 0.795. The van der Waals surface area contributed by atoms with Crippen LogP contribution in [0.3, 0.4) is 0 Å². The standard InChI is InChI=1S/C19H19N2/c1-3-13-20-14-15-21(17-10-5-4-6-11-17)19(20)18-12-8-7-9-16(18)2/h3-12,14-15H,1,13H2,2H3/q+1. The first-order chi connectivity index (χ1) is 10.3. The van der Waals surface area contributed by atoms with Gasteiger partial charge in [-0.15, -0.1) is 0 Å². The highest BCUT2D eigenvalue weighted by Gasteiger charge is 2.21. The zero-order chi connectivity index (χ0) is 14.7. The number of nitrogens with zero attached hydrogens (tertiary/aromatic N) is 2. The van der Waals surface area contributed by atoms with Gasteiger partial charge in [-0.05, 0) is 30.7 Å². The third-order valence-corrected chi connectivity index (χ3v) is 3.64. The Morgan fingerprint density at radius 2 is 1.76 bits per heavy atom. The van der Waals surface area contributed by atoms with Crippen molar-refractivity contribution < 1.29 is 4.57 Å². The number of hydrogen-bond acceptors (Lipinski definition) is 0. The van der Waals surface area contributed by atoms with Gasteiger partial charge in [-0.2, -0.15) is 4.57 Å². The number of para-hydroxylation sites is 1. The molecule has 0 radical (unpaired) electrons. The maximum Gasteiger partial charge on any atom is 0.294 e. The summed E-state index contributed by atoms with van der Waals surface area (Å²) < 4.78 is 4.45. The van der Waals surface area contributed by atoms with Gasteiger partial charge in [0.1, 0.15) is 24.6 Å². The van der Waals surface area contributed by atoms with E-state index in [2.05, 4.69) is 83.6 Å². The van der Waals surface area contributed by atoms with E-state index < -0.39 is 0 Å². The van der Waals surface area contributed by atoms with Crippen molar-refractivity contribution in [2.24, 2.45) is 0 Å². The van der Waals surface area contributed by atoms with Crippen LogP contribution in [0.2, 0.25) is 0 Å². The molecule has 0 saturated heterocycles. The van der Waals surface area contributed by atoms with Gasteiger partial charge in [-0.3, -0.25) is 0 Å². The van der Waals surface area contributed by atoms with E-state index in [-0.39, 0.29) is 0 Å². The predicted octanol–water partition coefficient (Wildman–Crippen LogP) is 3.93. The third-order valence-electron chi connectivity index (χ3n) is 3.64. The number of allylic oxidation sites excluding steroid dienone is 1. The highest BCUT2D eigenvalue weighted by molar-refractivity contribution is 5.60. The molecule has 0 aliphatic heterocycles. The maximum atomic E-state index is 3.87. The molecular formula is C19H19N2+. The van der Waals surface area contributed by atoms with Crippen LogP contribution in [-0.4, -0.2) is 4.57 Å². The Morgan fingerprint density at radius 1 is 1.05 bits per heavy atom. The van der Waals surface area contributed by atoms with E-state index in [1.54, 1.807) is 0 Å². The van der Waals surface area contributed by atoms with E-state index in [0.717, 1.165) is 6.54 Å². The third kappa shape index (κ3) is 2.52. The molecule has 0 aliphatic carbocycles. The molecule has 0 aliphatic rings. The Labute approximate surface area is 125 Å². The Morgan fingerprint density at radius 3 is 2.48 bits per heavy atom. The number of hydrogen-bond donors (Lipinski definition) is 0. The second-order valence-electron chi connectivity index (χ2n) is 5.08. The summed E-state index contributed by atoms with van der Waals surface area (Å²) in [6, 6.07) is 18.9. The lowest BCUT2D eigenvalue weighted by Gasteiger charge is -2.06. The molecule has 2 heteroatoms. The first-order valence-electron chi connectivity index (χ1n) is 7.14. The summed E-state index contributed by atoms with van der Waals surface area (Å²) >= 11 is 0.